The molecular formula is C10H14N2O4. The topological polar surface area (TPSA) is 92.4 Å². The number of nitrogens with one attached hydrogen (secondary N) is 1. The first-order valence-electron chi connectivity index (χ1n) is 4.88. The third kappa shape index (κ3) is 2.82. The van der Waals surface area contributed by atoms with E-state index in [2.05, 4.69) is 10.5 Å². The Morgan fingerprint density at radius 3 is 2.50 bits per heavy atom. The van der Waals surface area contributed by atoms with E-state index in [1.54, 1.807) is 20.8 Å². The molecule has 6 nitrogen and oxygen atoms in total. The molecule has 0 aliphatic carbocycles. The first kappa shape index (κ1) is 12.2. The largest absolute Gasteiger partial charge is 0.480 e. The molecule has 1 heterocycles. The molecule has 0 spiro atoms. The molecule has 1 rings (SSSR count). The van der Waals surface area contributed by atoms with Crippen LogP contribution in [-0.2, 0) is 4.79 Å². The molecule has 0 fully saturated rings. The van der Waals surface area contributed by atoms with Gasteiger partial charge in [-0.15, -0.1) is 0 Å². The lowest BCUT2D eigenvalue weighted by Crippen LogP contribution is -2.44. The van der Waals surface area contributed by atoms with Crippen molar-refractivity contribution in [3.63, 3.8) is 0 Å². The summed E-state index contributed by atoms with van der Waals surface area (Å²) in [5.41, 5.74) is 0.0874. The number of aliphatic carboxylic acids is 1. The second-order valence-corrected chi connectivity index (χ2v) is 3.86. The molecule has 0 saturated carbocycles. The van der Waals surface area contributed by atoms with E-state index < -0.39 is 17.9 Å². The number of hydrogen-bond acceptors (Lipinski definition) is 4. The van der Waals surface area contributed by atoms with E-state index in [1.165, 1.54) is 6.07 Å². The molecule has 1 aromatic rings. The Morgan fingerprint density at radius 1 is 1.50 bits per heavy atom. The molecule has 0 saturated heterocycles. The number of carbonyl (C=O) groups excluding carboxylic acids is 1. The SMILES string of the molecule is Cc1cc(C(=O)N[C@H](C(=O)O)C(C)C)no1. The van der Waals surface area contributed by atoms with Crippen LogP contribution in [-0.4, -0.2) is 28.2 Å². The van der Waals surface area contributed by atoms with Crippen molar-refractivity contribution >= 4 is 11.9 Å². The van der Waals surface area contributed by atoms with E-state index in [0.717, 1.165) is 0 Å². The summed E-state index contributed by atoms with van der Waals surface area (Å²) >= 11 is 0. The molecule has 0 bridgehead atoms. The average molecular weight is 226 g/mol. The molecule has 1 amide bonds. The molecule has 88 valence electrons. The molecule has 6 heteroatoms. The lowest BCUT2D eigenvalue weighted by molar-refractivity contribution is -0.140. The number of aryl methyl sites for hydroxylation is 1. The second-order valence-electron chi connectivity index (χ2n) is 3.86. The summed E-state index contributed by atoms with van der Waals surface area (Å²) in [7, 11) is 0. The van der Waals surface area contributed by atoms with E-state index in [9.17, 15) is 9.59 Å². The van der Waals surface area contributed by atoms with Gasteiger partial charge >= 0.3 is 5.97 Å². The van der Waals surface area contributed by atoms with Crippen molar-refractivity contribution in [2.45, 2.75) is 26.8 Å². The summed E-state index contributed by atoms with van der Waals surface area (Å²) in [6, 6.07) is 0.527. The fourth-order valence-corrected chi connectivity index (χ4v) is 1.20. The highest BCUT2D eigenvalue weighted by Crippen LogP contribution is 2.05. The summed E-state index contributed by atoms with van der Waals surface area (Å²) in [6.45, 7) is 5.08. The number of amides is 1. The fourth-order valence-electron chi connectivity index (χ4n) is 1.20. The Labute approximate surface area is 92.6 Å². The predicted octanol–water partition coefficient (Wildman–Crippen LogP) is 0.822. The van der Waals surface area contributed by atoms with Gasteiger partial charge in [0.1, 0.15) is 11.8 Å². The van der Waals surface area contributed by atoms with Gasteiger partial charge in [0.25, 0.3) is 5.91 Å². The van der Waals surface area contributed by atoms with Gasteiger partial charge in [-0.05, 0) is 12.8 Å². The van der Waals surface area contributed by atoms with Crippen LogP contribution in [0.15, 0.2) is 10.6 Å². The number of rotatable bonds is 4. The van der Waals surface area contributed by atoms with Gasteiger partial charge < -0.3 is 14.9 Å². The van der Waals surface area contributed by atoms with Gasteiger partial charge in [0.15, 0.2) is 5.69 Å². The number of carboxylic acids is 1. The maximum atomic E-state index is 11.6. The maximum absolute atomic E-state index is 11.6. The van der Waals surface area contributed by atoms with Gasteiger partial charge in [-0.3, -0.25) is 4.79 Å². The van der Waals surface area contributed by atoms with Crippen LogP contribution in [0.5, 0.6) is 0 Å². The molecule has 0 aliphatic rings. The minimum Gasteiger partial charge on any atom is -0.480 e. The Bertz CT molecular complexity index is 397. The Morgan fingerprint density at radius 2 is 2.12 bits per heavy atom. The molecule has 0 radical (unpaired) electrons. The van der Waals surface area contributed by atoms with Gasteiger partial charge in [-0.2, -0.15) is 0 Å². The van der Waals surface area contributed by atoms with Crippen molar-refractivity contribution < 1.29 is 19.2 Å². The monoisotopic (exact) mass is 226 g/mol. The van der Waals surface area contributed by atoms with Gasteiger partial charge in [0.2, 0.25) is 0 Å². The molecule has 1 aromatic heterocycles. The van der Waals surface area contributed by atoms with Gasteiger partial charge in [-0.25, -0.2) is 4.79 Å². The number of carbonyl (C=O) groups is 2. The predicted molar refractivity (Wildman–Crippen MR) is 55.0 cm³/mol. The summed E-state index contributed by atoms with van der Waals surface area (Å²) in [4.78, 5) is 22.4. The highest BCUT2D eigenvalue weighted by Gasteiger charge is 2.25. The smallest absolute Gasteiger partial charge is 0.326 e. The minimum atomic E-state index is -1.07. The molecule has 1 atom stereocenters. The van der Waals surface area contributed by atoms with Gasteiger partial charge in [0.05, 0.1) is 0 Å². The van der Waals surface area contributed by atoms with E-state index >= 15 is 0 Å². The average Bonchev–Trinajstić information content (AvgIpc) is 2.59. The maximum Gasteiger partial charge on any atom is 0.326 e. The van der Waals surface area contributed by atoms with E-state index in [0.29, 0.717) is 5.76 Å². The summed E-state index contributed by atoms with van der Waals surface area (Å²) in [5.74, 6) is -1.31. The van der Waals surface area contributed by atoms with Crippen LogP contribution in [0.1, 0.15) is 30.1 Å². The Balaban J connectivity index is 2.73. The fraction of sp³-hybridized carbons (Fsp3) is 0.500. The highest BCUT2D eigenvalue weighted by molar-refractivity contribution is 5.94. The quantitative estimate of drug-likeness (QED) is 0.792. The van der Waals surface area contributed by atoms with Crippen molar-refractivity contribution in [3.8, 4) is 0 Å². The first-order chi connectivity index (χ1) is 7.41. The molecule has 0 aromatic carbocycles. The molecule has 0 aliphatic heterocycles. The summed E-state index contributed by atoms with van der Waals surface area (Å²) in [5, 5.41) is 14.8. The van der Waals surface area contributed by atoms with Crippen LogP contribution in [0.3, 0.4) is 0 Å². The summed E-state index contributed by atoms with van der Waals surface area (Å²) in [6.07, 6.45) is 0. The van der Waals surface area contributed by atoms with Crippen LogP contribution in [0.2, 0.25) is 0 Å². The molecule has 0 unspecified atom stereocenters. The van der Waals surface area contributed by atoms with Crippen LogP contribution >= 0.6 is 0 Å². The standard InChI is InChI=1S/C10H14N2O4/c1-5(2)8(10(14)15)11-9(13)7-4-6(3)16-12-7/h4-5,8H,1-3H3,(H,11,13)(H,14,15)/t8-/m0/s1. The van der Waals surface area contributed by atoms with Crippen LogP contribution in [0.25, 0.3) is 0 Å². The molecule has 2 N–H and O–H groups in total. The highest BCUT2D eigenvalue weighted by atomic mass is 16.5. The zero-order valence-electron chi connectivity index (χ0n) is 9.35. The first-order valence-corrected chi connectivity index (χ1v) is 4.88. The number of nitrogens with zero attached hydrogens (tertiary/aromatic N) is 1. The van der Waals surface area contributed by atoms with Crippen LogP contribution < -0.4 is 5.32 Å². The van der Waals surface area contributed by atoms with Gasteiger partial charge in [0, 0.05) is 6.07 Å². The van der Waals surface area contributed by atoms with Crippen molar-refractivity contribution in [3.05, 3.63) is 17.5 Å². The van der Waals surface area contributed by atoms with E-state index in [-0.39, 0.29) is 11.6 Å². The van der Waals surface area contributed by atoms with Crippen LogP contribution in [0.4, 0.5) is 0 Å². The van der Waals surface area contributed by atoms with E-state index in [4.69, 9.17) is 9.63 Å². The third-order valence-corrected chi connectivity index (χ3v) is 2.08. The van der Waals surface area contributed by atoms with Crippen molar-refractivity contribution in [1.29, 1.82) is 0 Å². The number of aromatic nitrogens is 1. The third-order valence-electron chi connectivity index (χ3n) is 2.08. The van der Waals surface area contributed by atoms with Crippen molar-refractivity contribution in [2.24, 2.45) is 5.92 Å². The van der Waals surface area contributed by atoms with Crippen LogP contribution in [0, 0.1) is 12.8 Å². The lowest BCUT2D eigenvalue weighted by Gasteiger charge is -2.16. The Kier molecular flexibility index (Phi) is 3.65. The van der Waals surface area contributed by atoms with Crippen molar-refractivity contribution in [2.75, 3.05) is 0 Å². The second kappa shape index (κ2) is 4.78. The Hall–Kier alpha value is -1.85. The lowest BCUT2D eigenvalue weighted by atomic mass is 10.0. The zero-order valence-corrected chi connectivity index (χ0v) is 9.35. The molecular weight excluding hydrogens is 212 g/mol. The van der Waals surface area contributed by atoms with E-state index in [1.807, 2.05) is 0 Å². The minimum absolute atomic E-state index is 0.0874. The number of carboxylic acid groups (broad SMARTS) is 1. The van der Waals surface area contributed by atoms with Crippen molar-refractivity contribution in [1.82, 2.24) is 10.5 Å². The summed E-state index contributed by atoms with van der Waals surface area (Å²) < 4.78 is 4.73. The molecule has 16 heavy (non-hydrogen) atoms. The number of hydrogen-bond donors (Lipinski definition) is 2. The normalized spacial score (nSPS) is 12.5. The van der Waals surface area contributed by atoms with Gasteiger partial charge in [-0.1, -0.05) is 19.0 Å². The zero-order chi connectivity index (χ0) is 12.3.